The van der Waals surface area contributed by atoms with Crippen molar-refractivity contribution in [1.29, 1.82) is 0 Å². The van der Waals surface area contributed by atoms with E-state index in [1.54, 1.807) is 6.92 Å². The van der Waals surface area contributed by atoms with Crippen molar-refractivity contribution in [3.63, 3.8) is 0 Å². The molecule has 1 amide bonds. The molecule has 4 rings (SSSR count). The van der Waals surface area contributed by atoms with Crippen LogP contribution in [0, 0.1) is 28.6 Å². The summed E-state index contributed by atoms with van der Waals surface area (Å²) in [6.45, 7) is 5.76. The molecule has 0 aromatic carbocycles. The average Bonchev–Trinajstić information content (AvgIpc) is 3.13. The molecule has 9 heteroatoms. The topological polar surface area (TPSA) is 125 Å². The summed E-state index contributed by atoms with van der Waals surface area (Å²) in [5, 5.41) is 27.3. The fraction of sp³-hybridized carbons (Fsp3) is 0.786. The number of carbonyl (C=O) groups excluding carboxylic acids is 2. The SMILES string of the molecule is CSCC[C@H](NC(=O)CO/N=C1/C=C2CC[C@H]3[C@H](CC[C@@]4(C)[C@H]3CC[C@]4(O)C(C)=O)[C@@]2(C)CC1)C(=O)O. The highest BCUT2D eigenvalue weighted by Crippen LogP contribution is 2.67. The number of thioether (sulfide) groups is 1. The van der Waals surface area contributed by atoms with Gasteiger partial charge in [0.2, 0.25) is 0 Å². The second kappa shape index (κ2) is 10.7. The van der Waals surface area contributed by atoms with E-state index in [1.807, 2.05) is 6.26 Å². The van der Waals surface area contributed by atoms with Crippen molar-refractivity contribution in [2.45, 2.75) is 90.2 Å². The summed E-state index contributed by atoms with van der Waals surface area (Å²) < 4.78 is 0. The van der Waals surface area contributed by atoms with Gasteiger partial charge in [-0.1, -0.05) is 24.6 Å². The van der Waals surface area contributed by atoms with E-state index in [9.17, 15) is 24.6 Å². The first-order valence-electron chi connectivity index (χ1n) is 13.6. The van der Waals surface area contributed by atoms with Crippen LogP contribution in [0.15, 0.2) is 16.8 Å². The molecule has 0 spiro atoms. The largest absolute Gasteiger partial charge is 0.480 e. The van der Waals surface area contributed by atoms with E-state index >= 15 is 0 Å². The minimum Gasteiger partial charge on any atom is -0.480 e. The summed E-state index contributed by atoms with van der Waals surface area (Å²) in [5.41, 5.74) is 0.766. The molecule has 4 aliphatic carbocycles. The van der Waals surface area contributed by atoms with E-state index in [1.165, 1.54) is 17.3 Å². The molecule has 37 heavy (non-hydrogen) atoms. The zero-order chi connectivity index (χ0) is 27.0. The fourth-order valence-electron chi connectivity index (χ4n) is 8.14. The second-order valence-electron chi connectivity index (χ2n) is 12.0. The van der Waals surface area contributed by atoms with E-state index in [-0.39, 0.29) is 23.2 Å². The van der Waals surface area contributed by atoms with Crippen LogP contribution < -0.4 is 5.32 Å². The zero-order valence-corrected chi connectivity index (χ0v) is 23.4. The van der Waals surface area contributed by atoms with Gasteiger partial charge in [-0.15, -0.1) is 0 Å². The monoisotopic (exact) mass is 534 g/mol. The molecule has 0 aliphatic heterocycles. The Labute approximate surface area is 224 Å². The number of carbonyl (C=O) groups is 3. The lowest BCUT2D eigenvalue weighted by Gasteiger charge is -2.59. The number of ketones is 1. The van der Waals surface area contributed by atoms with Gasteiger partial charge in [0.05, 0.1) is 5.71 Å². The number of carboxylic acid groups (broad SMARTS) is 1. The van der Waals surface area contributed by atoms with Crippen LogP contribution in [0.1, 0.15) is 78.6 Å². The Morgan fingerprint density at radius 2 is 1.89 bits per heavy atom. The van der Waals surface area contributed by atoms with Crippen LogP contribution in [0.5, 0.6) is 0 Å². The van der Waals surface area contributed by atoms with Crippen molar-refractivity contribution in [3.05, 3.63) is 11.6 Å². The minimum atomic E-state index is -1.19. The summed E-state index contributed by atoms with van der Waals surface area (Å²) in [4.78, 5) is 41.3. The number of rotatable bonds is 9. The lowest BCUT2D eigenvalue weighted by molar-refractivity contribution is -0.159. The van der Waals surface area contributed by atoms with Crippen LogP contribution >= 0.6 is 11.8 Å². The molecule has 3 saturated carbocycles. The van der Waals surface area contributed by atoms with Crippen LogP contribution in [-0.4, -0.2) is 63.8 Å². The number of fused-ring (bicyclic) bond motifs is 5. The number of nitrogens with zero attached hydrogens (tertiary/aromatic N) is 1. The summed E-state index contributed by atoms with van der Waals surface area (Å²) in [6, 6.07) is -0.924. The molecule has 0 aromatic heterocycles. The molecule has 0 saturated heterocycles. The number of aliphatic carboxylic acids is 1. The van der Waals surface area contributed by atoms with Gasteiger partial charge in [-0.05, 0) is 106 Å². The number of hydrogen-bond acceptors (Lipinski definition) is 7. The van der Waals surface area contributed by atoms with Gasteiger partial charge in [0, 0.05) is 5.41 Å². The Kier molecular flexibility index (Phi) is 8.15. The quantitative estimate of drug-likeness (QED) is 0.382. The number of hydrogen-bond donors (Lipinski definition) is 3. The molecule has 206 valence electrons. The van der Waals surface area contributed by atoms with Gasteiger partial charge in [-0.2, -0.15) is 11.8 Å². The van der Waals surface area contributed by atoms with Crippen molar-refractivity contribution in [1.82, 2.24) is 5.32 Å². The van der Waals surface area contributed by atoms with Gasteiger partial charge in [0.15, 0.2) is 12.4 Å². The van der Waals surface area contributed by atoms with E-state index in [0.29, 0.717) is 36.3 Å². The molecule has 3 fully saturated rings. The predicted octanol–water partition coefficient (Wildman–Crippen LogP) is 3.96. The highest BCUT2D eigenvalue weighted by Gasteiger charge is 2.65. The molecule has 0 aromatic rings. The van der Waals surface area contributed by atoms with Crippen molar-refractivity contribution in [3.8, 4) is 0 Å². The Bertz CT molecular complexity index is 997. The van der Waals surface area contributed by atoms with E-state index < -0.39 is 23.5 Å². The maximum Gasteiger partial charge on any atom is 0.326 e. The van der Waals surface area contributed by atoms with E-state index in [0.717, 1.165) is 50.7 Å². The van der Waals surface area contributed by atoms with Crippen LogP contribution in [-0.2, 0) is 19.2 Å². The first-order valence-corrected chi connectivity index (χ1v) is 15.0. The van der Waals surface area contributed by atoms with Gasteiger partial charge in [0.25, 0.3) is 5.91 Å². The van der Waals surface area contributed by atoms with Crippen LogP contribution in [0.25, 0.3) is 0 Å². The molecule has 3 N–H and O–H groups in total. The summed E-state index contributed by atoms with van der Waals surface area (Å²) >= 11 is 1.53. The number of nitrogens with one attached hydrogen (secondary N) is 1. The maximum atomic E-state index is 12.4. The second-order valence-corrected chi connectivity index (χ2v) is 13.0. The Balaban J connectivity index is 1.39. The average molecular weight is 535 g/mol. The zero-order valence-electron chi connectivity index (χ0n) is 22.5. The van der Waals surface area contributed by atoms with E-state index in [4.69, 9.17) is 4.84 Å². The van der Waals surface area contributed by atoms with E-state index in [2.05, 4.69) is 30.4 Å². The van der Waals surface area contributed by atoms with Crippen molar-refractivity contribution < 1.29 is 29.4 Å². The smallest absolute Gasteiger partial charge is 0.326 e. The number of carboxylic acids is 1. The molecule has 0 radical (unpaired) electrons. The summed E-state index contributed by atoms with van der Waals surface area (Å²) in [5.74, 6) is 0.450. The number of allylic oxidation sites excluding steroid dienone is 2. The number of amides is 1. The first-order chi connectivity index (χ1) is 17.5. The van der Waals surface area contributed by atoms with Crippen LogP contribution in [0.3, 0.4) is 0 Å². The lowest BCUT2D eigenvalue weighted by atomic mass is 9.46. The minimum absolute atomic E-state index is 0.0730. The highest BCUT2D eigenvalue weighted by atomic mass is 32.2. The molecule has 4 aliphatic rings. The van der Waals surface area contributed by atoms with Crippen LogP contribution in [0.4, 0.5) is 0 Å². The van der Waals surface area contributed by atoms with Gasteiger partial charge in [-0.3, -0.25) is 9.59 Å². The third-order valence-corrected chi connectivity index (χ3v) is 11.0. The van der Waals surface area contributed by atoms with Gasteiger partial charge in [0.1, 0.15) is 11.6 Å². The normalized spacial score (nSPS) is 38.6. The Hall–Kier alpha value is -1.87. The summed E-state index contributed by atoms with van der Waals surface area (Å²) in [7, 11) is 0. The number of aliphatic hydroxyl groups is 1. The standard InChI is InChI=1S/C28H42N2O6S/c1-17(31)28(35)13-9-22-20-6-5-18-15-19(7-11-26(18,2)21(20)8-12-27(22,28)3)30-36-16-24(32)29-23(25(33)34)10-14-37-4/h15,20-23,35H,5-14,16H2,1-4H3,(H,29,32)(H,33,34)/b30-19+/t20-,21-,22-,23-,26-,27-,28-/m0/s1. The first kappa shape index (κ1) is 28.1. The van der Waals surface area contributed by atoms with Crippen molar-refractivity contribution in [2.75, 3.05) is 18.6 Å². The Morgan fingerprint density at radius 1 is 1.16 bits per heavy atom. The predicted molar refractivity (Wildman–Crippen MR) is 143 cm³/mol. The maximum absolute atomic E-state index is 12.4. The molecule has 7 atom stereocenters. The molecule has 0 heterocycles. The van der Waals surface area contributed by atoms with Crippen molar-refractivity contribution in [2.24, 2.45) is 33.7 Å². The highest BCUT2D eigenvalue weighted by molar-refractivity contribution is 7.98. The molecule has 0 bridgehead atoms. The van der Waals surface area contributed by atoms with Crippen molar-refractivity contribution >= 4 is 35.1 Å². The van der Waals surface area contributed by atoms with Gasteiger partial charge < -0.3 is 20.4 Å². The number of Topliss-reactive ketones (excluding diaryl/α,β-unsaturated/α-hetero) is 1. The third kappa shape index (κ3) is 4.98. The molecule has 0 unspecified atom stereocenters. The summed E-state index contributed by atoms with van der Waals surface area (Å²) in [6.07, 6.45) is 11.6. The number of oxime groups is 1. The molecular formula is C28H42N2O6S. The molecule has 8 nitrogen and oxygen atoms in total. The fourth-order valence-corrected chi connectivity index (χ4v) is 8.61. The van der Waals surface area contributed by atoms with Gasteiger partial charge >= 0.3 is 5.97 Å². The van der Waals surface area contributed by atoms with Crippen LogP contribution in [0.2, 0.25) is 0 Å². The van der Waals surface area contributed by atoms with Gasteiger partial charge in [-0.25, -0.2) is 4.79 Å². The molecular weight excluding hydrogens is 492 g/mol. The Morgan fingerprint density at radius 3 is 2.57 bits per heavy atom. The lowest BCUT2D eigenvalue weighted by Crippen LogP contribution is -2.57. The third-order valence-electron chi connectivity index (χ3n) is 10.3.